The van der Waals surface area contributed by atoms with Gasteiger partial charge in [-0.05, 0) is 38.0 Å². The highest BCUT2D eigenvalue weighted by Crippen LogP contribution is 2.51. The summed E-state index contributed by atoms with van der Waals surface area (Å²) in [4.78, 5) is 16.0. The number of allylic oxidation sites excluding steroid dienone is 1. The van der Waals surface area contributed by atoms with Gasteiger partial charge in [-0.3, -0.25) is 9.36 Å². The largest absolute Gasteiger partial charge is 0.449 e. The third-order valence-corrected chi connectivity index (χ3v) is 5.21. The zero-order chi connectivity index (χ0) is 18.4. The van der Waals surface area contributed by atoms with Gasteiger partial charge >= 0.3 is 6.01 Å². The van der Waals surface area contributed by atoms with Crippen molar-refractivity contribution in [3.63, 3.8) is 0 Å². The second-order valence-electron chi connectivity index (χ2n) is 6.54. The van der Waals surface area contributed by atoms with E-state index >= 15 is 0 Å². The monoisotopic (exact) mass is 342 g/mol. The molecule has 5 nitrogen and oxygen atoms in total. The SMILES string of the molecule is C=Cc1c(C)nc2n1C1OCCC3=C1C(C)(C=C(C=O)C3C)O2.CC. The quantitative estimate of drug-likeness (QED) is 0.602. The van der Waals surface area contributed by atoms with Crippen LogP contribution in [0.4, 0.5) is 0 Å². The molecule has 0 saturated heterocycles. The molecule has 0 amide bonds. The standard InChI is InChI=1S/C18H20N2O3.C2H6/c1-5-14-11(3)19-17-20(14)16-15-13(6-7-22-16)10(2)12(9-21)8-18(15,4)23-17;1-2/h5,8-10,16H,1,6-7H2,2-4H3;1-2H3. The van der Waals surface area contributed by atoms with Crippen LogP contribution in [0, 0.1) is 12.8 Å². The first kappa shape index (κ1) is 17.7. The van der Waals surface area contributed by atoms with E-state index in [4.69, 9.17) is 9.47 Å². The van der Waals surface area contributed by atoms with Crippen molar-refractivity contribution in [3.05, 3.63) is 40.8 Å². The van der Waals surface area contributed by atoms with Crippen LogP contribution in [-0.2, 0) is 9.53 Å². The lowest BCUT2D eigenvalue weighted by Crippen LogP contribution is -2.48. The smallest absolute Gasteiger partial charge is 0.300 e. The zero-order valence-electron chi connectivity index (χ0n) is 15.6. The lowest BCUT2D eigenvalue weighted by molar-refractivity contribution is -0.105. The molecule has 3 heterocycles. The Kier molecular flexibility index (Phi) is 4.45. The van der Waals surface area contributed by atoms with Crippen LogP contribution in [0.15, 0.2) is 29.4 Å². The van der Waals surface area contributed by atoms with Gasteiger partial charge in [-0.1, -0.05) is 32.9 Å². The molecule has 25 heavy (non-hydrogen) atoms. The van der Waals surface area contributed by atoms with Crippen LogP contribution < -0.4 is 4.74 Å². The maximum absolute atomic E-state index is 11.5. The summed E-state index contributed by atoms with van der Waals surface area (Å²) in [5.74, 6) is 0.101. The molecule has 1 aromatic heterocycles. The van der Waals surface area contributed by atoms with E-state index in [1.807, 2.05) is 38.3 Å². The van der Waals surface area contributed by atoms with E-state index in [0.29, 0.717) is 12.6 Å². The van der Waals surface area contributed by atoms with Gasteiger partial charge in [0.1, 0.15) is 6.29 Å². The van der Waals surface area contributed by atoms with Gasteiger partial charge in [0, 0.05) is 11.5 Å². The van der Waals surface area contributed by atoms with Crippen LogP contribution in [0.3, 0.4) is 0 Å². The fourth-order valence-corrected chi connectivity index (χ4v) is 4.08. The number of carbonyl (C=O) groups excluding carboxylic acids is 1. The van der Waals surface area contributed by atoms with Crippen LogP contribution in [-0.4, -0.2) is 28.0 Å². The minimum Gasteiger partial charge on any atom is -0.449 e. The second kappa shape index (κ2) is 6.30. The number of aromatic nitrogens is 2. The van der Waals surface area contributed by atoms with Gasteiger partial charge in [0.05, 0.1) is 18.0 Å². The summed E-state index contributed by atoms with van der Waals surface area (Å²) in [5, 5.41) is 0. The first-order valence-electron chi connectivity index (χ1n) is 8.93. The third-order valence-electron chi connectivity index (χ3n) is 5.21. The summed E-state index contributed by atoms with van der Waals surface area (Å²) in [6.07, 6.45) is 5.23. The molecule has 0 aromatic carbocycles. The first-order valence-corrected chi connectivity index (χ1v) is 8.93. The van der Waals surface area contributed by atoms with Crippen molar-refractivity contribution in [1.29, 1.82) is 0 Å². The average molecular weight is 342 g/mol. The van der Waals surface area contributed by atoms with E-state index in [0.717, 1.165) is 35.2 Å². The predicted octanol–water partition coefficient (Wildman–Crippen LogP) is 4.00. The predicted molar refractivity (Wildman–Crippen MR) is 97.4 cm³/mol. The van der Waals surface area contributed by atoms with Gasteiger partial charge < -0.3 is 9.47 Å². The van der Waals surface area contributed by atoms with E-state index in [1.54, 1.807) is 6.08 Å². The molecule has 3 aliphatic rings. The van der Waals surface area contributed by atoms with E-state index in [2.05, 4.69) is 18.5 Å². The van der Waals surface area contributed by atoms with E-state index in [9.17, 15) is 4.79 Å². The molecule has 3 atom stereocenters. The maximum atomic E-state index is 11.5. The van der Waals surface area contributed by atoms with Crippen LogP contribution >= 0.6 is 0 Å². The van der Waals surface area contributed by atoms with E-state index in [-0.39, 0.29) is 12.1 Å². The highest BCUT2D eigenvalue weighted by Gasteiger charge is 2.49. The van der Waals surface area contributed by atoms with Gasteiger partial charge in [-0.15, -0.1) is 0 Å². The van der Waals surface area contributed by atoms with Crippen LogP contribution in [0.1, 0.15) is 51.7 Å². The molecular formula is C20H26N2O3. The molecule has 0 N–H and O–H groups in total. The Morgan fingerprint density at radius 3 is 2.80 bits per heavy atom. The molecule has 0 radical (unpaired) electrons. The highest BCUT2D eigenvalue weighted by atomic mass is 16.5. The fourth-order valence-electron chi connectivity index (χ4n) is 4.08. The molecule has 1 aliphatic carbocycles. The van der Waals surface area contributed by atoms with Gasteiger partial charge in [0.15, 0.2) is 11.8 Å². The van der Waals surface area contributed by atoms with Crippen LogP contribution in [0.25, 0.3) is 6.08 Å². The molecular weight excluding hydrogens is 316 g/mol. The summed E-state index contributed by atoms with van der Waals surface area (Å²) in [5.41, 5.74) is 4.22. The number of aryl methyl sites for hydroxylation is 1. The summed E-state index contributed by atoms with van der Waals surface area (Å²) < 4.78 is 14.3. The fraction of sp³-hybridized carbons (Fsp3) is 0.500. The van der Waals surface area contributed by atoms with Gasteiger partial charge in [-0.25, -0.2) is 0 Å². The Balaban J connectivity index is 0.000000880. The Bertz CT molecular complexity index is 787. The Hall–Kier alpha value is -2.14. The summed E-state index contributed by atoms with van der Waals surface area (Å²) in [6.45, 7) is 14.5. The van der Waals surface area contributed by atoms with Crippen molar-refractivity contribution >= 4 is 12.4 Å². The van der Waals surface area contributed by atoms with Crippen molar-refractivity contribution in [2.45, 2.75) is 52.9 Å². The minimum absolute atomic E-state index is 0.101. The van der Waals surface area contributed by atoms with Gasteiger partial charge in [-0.2, -0.15) is 4.98 Å². The number of carbonyl (C=O) groups is 1. The van der Waals surface area contributed by atoms with Crippen LogP contribution in [0.5, 0.6) is 6.01 Å². The molecule has 4 rings (SSSR count). The molecule has 134 valence electrons. The molecule has 5 heteroatoms. The average Bonchev–Trinajstić information content (AvgIpc) is 2.94. The van der Waals surface area contributed by atoms with Crippen molar-refractivity contribution in [1.82, 2.24) is 9.55 Å². The normalized spacial score (nSPS) is 29.4. The minimum atomic E-state index is -0.685. The number of fused-ring (bicyclic) bond motifs is 2. The Morgan fingerprint density at radius 2 is 2.16 bits per heavy atom. The maximum Gasteiger partial charge on any atom is 0.300 e. The number of rotatable bonds is 2. The molecule has 1 aromatic rings. The van der Waals surface area contributed by atoms with Crippen molar-refractivity contribution in [2.75, 3.05) is 6.61 Å². The number of ether oxygens (including phenoxy) is 2. The van der Waals surface area contributed by atoms with Crippen LogP contribution in [0.2, 0.25) is 0 Å². The zero-order valence-corrected chi connectivity index (χ0v) is 15.6. The third kappa shape index (κ3) is 2.41. The molecule has 0 spiro atoms. The Morgan fingerprint density at radius 1 is 1.44 bits per heavy atom. The van der Waals surface area contributed by atoms with E-state index in [1.165, 1.54) is 5.57 Å². The molecule has 2 aliphatic heterocycles. The number of imidazole rings is 1. The van der Waals surface area contributed by atoms with Crippen molar-refractivity contribution in [3.8, 4) is 6.01 Å². The molecule has 3 unspecified atom stereocenters. The van der Waals surface area contributed by atoms with Crippen molar-refractivity contribution < 1.29 is 14.3 Å². The number of hydrogen-bond donors (Lipinski definition) is 0. The molecule has 0 fully saturated rings. The van der Waals surface area contributed by atoms with Gasteiger partial charge in [0.25, 0.3) is 0 Å². The number of aldehydes is 1. The Labute approximate surface area is 149 Å². The second-order valence-corrected chi connectivity index (χ2v) is 6.54. The summed E-state index contributed by atoms with van der Waals surface area (Å²) in [7, 11) is 0. The lowest BCUT2D eigenvalue weighted by atomic mass is 9.73. The summed E-state index contributed by atoms with van der Waals surface area (Å²) in [6, 6.07) is 0.519. The topological polar surface area (TPSA) is 53.4 Å². The highest BCUT2D eigenvalue weighted by molar-refractivity contribution is 5.77. The molecule has 0 bridgehead atoms. The molecule has 0 saturated carbocycles. The van der Waals surface area contributed by atoms with E-state index < -0.39 is 5.60 Å². The van der Waals surface area contributed by atoms with Gasteiger partial charge in [0.2, 0.25) is 0 Å². The first-order chi connectivity index (χ1) is 12.0. The van der Waals surface area contributed by atoms with Crippen molar-refractivity contribution in [2.24, 2.45) is 5.92 Å². The number of hydrogen-bond acceptors (Lipinski definition) is 4. The lowest BCUT2D eigenvalue weighted by Gasteiger charge is -2.47. The number of nitrogens with zero attached hydrogens (tertiary/aromatic N) is 2. The summed E-state index contributed by atoms with van der Waals surface area (Å²) >= 11 is 0.